The molecule has 74 valence electrons. The summed E-state index contributed by atoms with van der Waals surface area (Å²) < 4.78 is 11.6. The second-order valence-corrected chi connectivity index (χ2v) is 4.16. The molecule has 0 saturated carbocycles. The summed E-state index contributed by atoms with van der Waals surface area (Å²) in [4.78, 5) is 0.851. The van der Waals surface area contributed by atoms with Crippen LogP contribution in [0, 0.1) is 0 Å². The molecular formula is C10H10O2S2. The average molecular weight is 226 g/mol. The number of thiol groups is 1. The van der Waals surface area contributed by atoms with Gasteiger partial charge in [-0.25, -0.2) is 0 Å². The molecule has 0 unspecified atom stereocenters. The quantitative estimate of drug-likeness (QED) is 0.793. The highest BCUT2D eigenvalue weighted by atomic mass is 32.1. The Morgan fingerprint density at radius 3 is 2.64 bits per heavy atom. The van der Waals surface area contributed by atoms with Crippen molar-refractivity contribution < 1.29 is 9.47 Å². The molecule has 2 nitrogen and oxygen atoms in total. The number of thiophene rings is 1. The van der Waals surface area contributed by atoms with Crippen LogP contribution in [0.5, 0.6) is 11.5 Å². The maximum absolute atomic E-state index is 5.29. The minimum atomic E-state index is 0.819. The average Bonchev–Trinajstić information content (AvgIpc) is 2.60. The third-order valence-corrected chi connectivity index (χ3v) is 3.39. The Bertz CT molecular complexity index is 462. The van der Waals surface area contributed by atoms with Gasteiger partial charge in [-0.15, -0.1) is 24.0 Å². The van der Waals surface area contributed by atoms with E-state index in [1.165, 1.54) is 0 Å². The fourth-order valence-corrected chi connectivity index (χ4v) is 2.79. The number of rotatable bonds is 2. The molecule has 0 atom stereocenters. The van der Waals surface area contributed by atoms with Gasteiger partial charge < -0.3 is 9.47 Å². The fraction of sp³-hybridized carbons (Fsp3) is 0.200. The highest BCUT2D eigenvalue weighted by molar-refractivity contribution is 7.80. The minimum absolute atomic E-state index is 0.819. The molecule has 0 spiro atoms. The van der Waals surface area contributed by atoms with Crippen LogP contribution in [-0.2, 0) is 0 Å². The van der Waals surface area contributed by atoms with Gasteiger partial charge in [-0.1, -0.05) is 0 Å². The Labute approximate surface area is 91.9 Å². The largest absolute Gasteiger partial charge is 0.495 e. The fourth-order valence-electron chi connectivity index (χ4n) is 1.39. The van der Waals surface area contributed by atoms with Crippen molar-refractivity contribution in [2.24, 2.45) is 0 Å². The molecule has 1 heterocycles. The van der Waals surface area contributed by atoms with Gasteiger partial charge in [0.1, 0.15) is 11.5 Å². The molecule has 0 aliphatic carbocycles. The monoisotopic (exact) mass is 226 g/mol. The summed E-state index contributed by atoms with van der Waals surface area (Å²) in [6.07, 6.45) is 0. The Morgan fingerprint density at radius 1 is 1.21 bits per heavy atom. The molecule has 0 N–H and O–H groups in total. The smallest absolute Gasteiger partial charge is 0.150 e. The van der Waals surface area contributed by atoms with E-state index in [2.05, 4.69) is 12.6 Å². The Morgan fingerprint density at radius 2 is 2.00 bits per heavy atom. The maximum Gasteiger partial charge on any atom is 0.150 e. The van der Waals surface area contributed by atoms with Crippen LogP contribution in [-0.4, -0.2) is 14.2 Å². The first-order valence-electron chi connectivity index (χ1n) is 4.09. The van der Waals surface area contributed by atoms with Gasteiger partial charge in [0.05, 0.1) is 18.9 Å². The van der Waals surface area contributed by atoms with Crippen molar-refractivity contribution in [2.45, 2.75) is 4.90 Å². The molecule has 2 aromatic rings. The van der Waals surface area contributed by atoms with E-state index in [1.54, 1.807) is 25.6 Å². The molecule has 2 rings (SSSR count). The number of hydrogen-bond acceptors (Lipinski definition) is 4. The van der Waals surface area contributed by atoms with Gasteiger partial charge in [0.15, 0.2) is 0 Å². The summed E-state index contributed by atoms with van der Waals surface area (Å²) in [7, 11) is 3.32. The molecule has 0 bridgehead atoms. The van der Waals surface area contributed by atoms with E-state index in [0.29, 0.717) is 0 Å². The van der Waals surface area contributed by atoms with E-state index in [9.17, 15) is 0 Å². The molecule has 1 aromatic carbocycles. The predicted octanol–water partition coefficient (Wildman–Crippen LogP) is 3.21. The van der Waals surface area contributed by atoms with Crippen LogP contribution in [0.25, 0.3) is 10.1 Å². The Balaban J connectivity index is 2.76. The first-order chi connectivity index (χ1) is 6.77. The van der Waals surface area contributed by atoms with Crippen LogP contribution in [0.3, 0.4) is 0 Å². The van der Waals surface area contributed by atoms with E-state index >= 15 is 0 Å². The normalized spacial score (nSPS) is 10.5. The lowest BCUT2D eigenvalue weighted by atomic mass is 10.2. The summed E-state index contributed by atoms with van der Waals surface area (Å²) in [5.74, 6) is 1.70. The zero-order valence-electron chi connectivity index (χ0n) is 7.90. The molecule has 0 amide bonds. The summed E-state index contributed by atoms with van der Waals surface area (Å²) in [6, 6.07) is 3.91. The second-order valence-electron chi connectivity index (χ2n) is 2.80. The van der Waals surface area contributed by atoms with E-state index in [4.69, 9.17) is 9.47 Å². The lowest BCUT2D eigenvalue weighted by Crippen LogP contribution is -1.85. The molecule has 0 radical (unpaired) electrons. The molecule has 4 heteroatoms. The second kappa shape index (κ2) is 3.71. The number of methoxy groups -OCH3 is 2. The molecule has 0 saturated heterocycles. The first kappa shape index (κ1) is 9.68. The Hall–Kier alpha value is -0.870. The molecule has 0 aliphatic rings. The first-order valence-corrected chi connectivity index (χ1v) is 5.41. The molecule has 1 aromatic heterocycles. The predicted molar refractivity (Wildman–Crippen MR) is 62.2 cm³/mol. The van der Waals surface area contributed by atoms with Gasteiger partial charge in [0.2, 0.25) is 0 Å². The van der Waals surface area contributed by atoms with Gasteiger partial charge in [-0.3, -0.25) is 0 Å². The van der Waals surface area contributed by atoms with Crippen LogP contribution >= 0.6 is 24.0 Å². The lowest BCUT2D eigenvalue weighted by molar-refractivity contribution is 0.410. The van der Waals surface area contributed by atoms with Crippen molar-refractivity contribution >= 4 is 34.1 Å². The lowest BCUT2D eigenvalue weighted by Gasteiger charge is -2.04. The van der Waals surface area contributed by atoms with Gasteiger partial charge in [-0.2, -0.15) is 0 Å². The number of ether oxygens (including phenoxy) is 2. The maximum atomic E-state index is 5.29. The molecule has 14 heavy (non-hydrogen) atoms. The van der Waals surface area contributed by atoms with E-state index in [-0.39, 0.29) is 0 Å². The zero-order valence-corrected chi connectivity index (χ0v) is 9.61. The van der Waals surface area contributed by atoms with Crippen LogP contribution in [0.1, 0.15) is 0 Å². The zero-order chi connectivity index (χ0) is 10.1. The van der Waals surface area contributed by atoms with Crippen molar-refractivity contribution in [1.82, 2.24) is 0 Å². The molecular weight excluding hydrogens is 216 g/mol. The molecule has 0 fully saturated rings. The van der Waals surface area contributed by atoms with Gasteiger partial charge in [0.25, 0.3) is 0 Å². The highest BCUT2D eigenvalue weighted by Gasteiger charge is 2.11. The van der Waals surface area contributed by atoms with Crippen LogP contribution in [0.2, 0.25) is 0 Å². The highest BCUT2D eigenvalue weighted by Crippen LogP contribution is 2.41. The van der Waals surface area contributed by atoms with Gasteiger partial charge in [-0.05, 0) is 12.1 Å². The van der Waals surface area contributed by atoms with E-state index in [0.717, 1.165) is 26.5 Å². The number of hydrogen-bond donors (Lipinski definition) is 1. The van der Waals surface area contributed by atoms with Crippen molar-refractivity contribution in [1.29, 1.82) is 0 Å². The van der Waals surface area contributed by atoms with Crippen molar-refractivity contribution in [3.05, 3.63) is 17.5 Å². The van der Waals surface area contributed by atoms with E-state index in [1.807, 2.05) is 17.5 Å². The van der Waals surface area contributed by atoms with Crippen LogP contribution in [0.15, 0.2) is 22.4 Å². The minimum Gasteiger partial charge on any atom is -0.495 e. The van der Waals surface area contributed by atoms with Crippen LogP contribution < -0.4 is 9.47 Å². The van der Waals surface area contributed by atoms with Crippen molar-refractivity contribution in [3.8, 4) is 11.5 Å². The third kappa shape index (κ3) is 1.35. The van der Waals surface area contributed by atoms with Gasteiger partial charge >= 0.3 is 0 Å². The standard InChI is InChI=1S/C10H10O2S2/c1-11-7-5-14-10-6(7)3-4-8(13)9(10)12-2/h3-5,13H,1-2H3. The SMILES string of the molecule is COc1csc2c(OC)c(S)ccc12. The van der Waals surface area contributed by atoms with E-state index < -0.39 is 0 Å². The summed E-state index contributed by atoms with van der Waals surface area (Å²) >= 11 is 5.94. The summed E-state index contributed by atoms with van der Waals surface area (Å²) in [5.41, 5.74) is 0. The summed E-state index contributed by atoms with van der Waals surface area (Å²) in [5, 5.41) is 3.05. The number of benzene rings is 1. The van der Waals surface area contributed by atoms with Crippen molar-refractivity contribution in [2.75, 3.05) is 14.2 Å². The Kier molecular flexibility index (Phi) is 2.56. The number of fused-ring (bicyclic) bond motifs is 1. The summed E-state index contributed by atoms with van der Waals surface area (Å²) in [6.45, 7) is 0. The molecule has 0 aliphatic heterocycles. The van der Waals surface area contributed by atoms with Crippen molar-refractivity contribution in [3.63, 3.8) is 0 Å². The topological polar surface area (TPSA) is 18.5 Å². The third-order valence-electron chi connectivity index (χ3n) is 2.06. The van der Waals surface area contributed by atoms with Gasteiger partial charge in [0, 0.05) is 15.7 Å². The van der Waals surface area contributed by atoms with Crippen LogP contribution in [0.4, 0.5) is 0 Å².